The third kappa shape index (κ3) is 6.68. The van der Waals surface area contributed by atoms with E-state index in [1.165, 1.54) is 11.1 Å². The quantitative estimate of drug-likeness (QED) is 0.518. The van der Waals surface area contributed by atoms with Gasteiger partial charge in [0, 0.05) is 19.3 Å². The Kier molecular flexibility index (Phi) is 8.78. The lowest BCUT2D eigenvalue weighted by atomic mass is 10.1. The first kappa shape index (κ1) is 20.9. The second kappa shape index (κ2) is 11.3. The first-order valence-electron chi connectivity index (χ1n) is 9.20. The molecule has 5 nitrogen and oxygen atoms in total. The molecule has 0 saturated carbocycles. The maximum absolute atomic E-state index is 5.77. The largest absolute Gasteiger partial charge is 0.497 e. The van der Waals surface area contributed by atoms with Gasteiger partial charge in [0.25, 0.3) is 0 Å². The number of methoxy groups -OCH3 is 4. The maximum Gasteiger partial charge on any atom is 0.160 e. The van der Waals surface area contributed by atoms with Crippen LogP contribution >= 0.6 is 0 Å². The summed E-state index contributed by atoms with van der Waals surface area (Å²) >= 11 is 0. The summed E-state index contributed by atoms with van der Waals surface area (Å²) in [4.78, 5) is 0. The molecular weight excluding hydrogens is 344 g/mol. The van der Waals surface area contributed by atoms with E-state index < -0.39 is 0 Å². The van der Waals surface area contributed by atoms with E-state index in [4.69, 9.17) is 23.7 Å². The molecule has 0 aliphatic heterocycles. The number of ether oxygens (including phenoxy) is 5. The molecule has 27 heavy (non-hydrogen) atoms. The Bertz CT molecular complexity index is 677. The van der Waals surface area contributed by atoms with Crippen molar-refractivity contribution >= 4 is 0 Å². The van der Waals surface area contributed by atoms with Crippen LogP contribution in [0.4, 0.5) is 0 Å². The highest BCUT2D eigenvalue weighted by atomic mass is 16.5. The van der Waals surface area contributed by atoms with Crippen LogP contribution in [0.15, 0.2) is 36.4 Å². The predicted octanol–water partition coefficient (Wildman–Crippen LogP) is 4.30. The van der Waals surface area contributed by atoms with Gasteiger partial charge in [-0.05, 0) is 61.1 Å². The van der Waals surface area contributed by atoms with Gasteiger partial charge >= 0.3 is 0 Å². The second-order valence-electron chi connectivity index (χ2n) is 6.23. The zero-order valence-electron chi connectivity index (χ0n) is 16.7. The van der Waals surface area contributed by atoms with Gasteiger partial charge in [-0.15, -0.1) is 0 Å². The van der Waals surface area contributed by atoms with Gasteiger partial charge < -0.3 is 23.7 Å². The van der Waals surface area contributed by atoms with Crippen molar-refractivity contribution in [1.29, 1.82) is 0 Å². The second-order valence-corrected chi connectivity index (χ2v) is 6.23. The minimum Gasteiger partial charge on any atom is -0.497 e. The van der Waals surface area contributed by atoms with Crippen molar-refractivity contribution in [2.75, 3.05) is 41.7 Å². The van der Waals surface area contributed by atoms with Crippen LogP contribution in [0.25, 0.3) is 0 Å². The molecule has 0 aromatic heterocycles. The van der Waals surface area contributed by atoms with Gasteiger partial charge in [0.1, 0.15) is 11.5 Å². The third-order valence-electron chi connectivity index (χ3n) is 4.37. The van der Waals surface area contributed by atoms with E-state index in [0.717, 1.165) is 61.9 Å². The summed E-state index contributed by atoms with van der Waals surface area (Å²) in [5.74, 6) is 3.16. The summed E-state index contributed by atoms with van der Waals surface area (Å²) in [6, 6.07) is 12.0. The summed E-state index contributed by atoms with van der Waals surface area (Å²) in [5.41, 5.74) is 2.42. The zero-order chi connectivity index (χ0) is 19.5. The Hall–Kier alpha value is -2.40. The summed E-state index contributed by atoms with van der Waals surface area (Å²) < 4.78 is 27.0. The highest BCUT2D eigenvalue weighted by molar-refractivity contribution is 5.43. The monoisotopic (exact) mass is 374 g/mol. The molecule has 0 aliphatic rings. The van der Waals surface area contributed by atoms with Crippen molar-refractivity contribution in [1.82, 2.24) is 0 Å². The Morgan fingerprint density at radius 2 is 1.19 bits per heavy atom. The fourth-order valence-corrected chi connectivity index (χ4v) is 2.91. The van der Waals surface area contributed by atoms with Gasteiger partial charge in [-0.25, -0.2) is 0 Å². The minimum absolute atomic E-state index is 0.742. The van der Waals surface area contributed by atoms with Crippen LogP contribution in [0.2, 0.25) is 0 Å². The topological polar surface area (TPSA) is 46.2 Å². The van der Waals surface area contributed by atoms with Gasteiger partial charge in [0.2, 0.25) is 0 Å². The van der Waals surface area contributed by atoms with Crippen LogP contribution in [0, 0.1) is 0 Å². The van der Waals surface area contributed by atoms with E-state index in [1.807, 2.05) is 30.3 Å². The highest BCUT2D eigenvalue weighted by Crippen LogP contribution is 2.28. The van der Waals surface area contributed by atoms with E-state index in [1.54, 1.807) is 28.4 Å². The molecule has 0 N–H and O–H groups in total. The highest BCUT2D eigenvalue weighted by Gasteiger charge is 2.05. The van der Waals surface area contributed by atoms with E-state index in [2.05, 4.69) is 6.07 Å². The van der Waals surface area contributed by atoms with Gasteiger partial charge in [0.15, 0.2) is 11.5 Å². The molecule has 0 aliphatic carbocycles. The fraction of sp³-hybridized carbons (Fsp3) is 0.455. The van der Waals surface area contributed by atoms with Gasteiger partial charge in [0.05, 0.1) is 28.4 Å². The Morgan fingerprint density at radius 3 is 1.74 bits per heavy atom. The van der Waals surface area contributed by atoms with Crippen LogP contribution in [0.3, 0.4) is 0 Å². The molecule has 2 aromatic carbocycles. The Labute approximate surface area is 162 Å². The molecule has 0 saturated heterocycles. The van der Waals surface area contributed by atoms with Crippen molar-refractivity contribution in [3.63, 3.8) is 0 Å². The van der Waals surface area contributed by atoms with Crippen molar-refractivity contribution in [2.24, 2.45) is 0 Å². The number of hydrogen-bond acceptors (Lipinski definition) is 5. The molecule has 2 rings (SSSR count). The molecule has 148 valence electrons. The standard InChI is InChI=1S/C22H30O5/c1-23-19-13-18(14-20(16-19)24-2)8-6-12-27-11-5-7-17-9-10-21(25-3)22(15-17)26-4/h9-10,13-16H,5-8,11-12H2,1-4H3. The van der Waals surface area contributed by atoms with E-state index in [-0.39, 0.29) is 0 Å². The number of hydrogen-bond donors (Lipinski definition) is 0. The fourth-order valence-electron chi connectivity index (χ4n) is 2.91. The lowest BCUT2D eigenvalue weighted by Crippen LogP contribution is -2.01. The molecule has 0 atom stereocenters. The lowest BCUT2D eigenvalue weighted by molar-refractivity contribution is 0.129. The van der Waals surface area contributed by atoms with Crippen LogP contribution < -0.4 is 18.9 Å². The lowest BCUT2D eigenvalue weighted by Gasteiger charge is -2.10. The average molecular weight is 374 g/mol. The summed E-state index contributed by atoms with van der Waals surface area (Å²) in [6.07, 6.45) is 3.83. The van der Waals surface area contributed by atoms with Crippen molar-refractivity contribution in [2.45, 2.75) is 25.7 Å². The normalized spacial score (nSPS) is 10.5. The first-order chi connectivity index (χ1) is 13.2. The maximum atomic E-state index is 5.77. The summed E-state index contributed by atoms with van der Waals surface area (Å²) in [7, 11) is 6.63. The molecule has 0 unspecified atom stereocenters. The van der Waals surface area contributed by atoms with Crippen LogP contribution in [-0.4, -0.2) is 41.7 Å². The van der Waals surface area contributed by atoms with Crippen molar-refractivity contribution in [3.8, 4) is 23.0 Å². The minimum atomic E-state index is 0.742. The Balaban J connectivity index is 1.66. The van der Waals surface area contributed by atoms with Crippen LogP contribution in [0.1, 0.15) is 24.0 Å². The molecule has 0 heterocycles. The van der Waals surface area contributed by atoms with Crippen LogP contribution in [0.5, 0.6) is 23.0 Å². The number of rotatable bonds is 12. The van der Waals surface area contributed by atoms with E-state index in [0.29, 0.717) is 0 Å². The van der Waals surface area contributed by atoms with Crippen LogP contribution in [-0.2, 0) is 17.6 Å². The smallest absolute Gasteiger partial charge is 0.160 e. The van der Waals surface area contributed by atoms with E-state index in [9.17, 15) is 0 Å². The molecule has 0 bridgehead atoms. The SMILES string of the molecule is COc1cc(CCCOCCCc2ccc(OC)c(OC)c2)cc(OC)c1. The van der Waals surface area contributed by atoms with Crippen molar-refractivity contribution < 1.29 is 23.7 Å². The van der Waals surface area contributed by atoms with Gasteiger partial charge in [-0.1, -0.05) is 6.07 Å². The first-order valence-corrected chi connectivity index (χ1v) is 9.20. The van der Waals surface area contributed by atoms with E-state index >= 15 is 0 Å². The predicted molar refractivity (Wildman–Crippen MR) is 107 cm³/mol. The number of aryl methyl sites for hydroxylation is 2. The molecule has 0 spiro atoms. The molecule has 2 aromatic rings. The zero-order valence-corrected chi connectivity index (χ0v) is 16.7. The molecule has 0 amide bonds. The molecule has 5 heteroatoms. The van der Waals surface area contributed by atoms with Gasteiger partial charge in [-0.3, -0.25) is 0 Å². The summed E-state index contributed by atoms with van der Waals surface area (Å²) in [5, 5.41) is 0. The molecular formula is C22H30O5. The molecule has 0 fully saturated rings. The summed E-state index contributed by atoms with van der Waals surface area (Å²) in [6.45, 7) is 1.49. The third-order valence-corrected chi connectivity index (χ3v) is 4.37. The Morgan fingerprint density at radius 1 is 0.593 bits per heavy atom. The average Bonchev–Trinajstić information content (AvgIpc) is 2.72. The van der Waals surface area contributed by atoms with Crippen molar-refractivity contribution in [3.05, 3.63) is 47.5 Å². The molecule has 0 radical (unpaired) electrons. The number of benzene rings is 2. The van der Waals surface area contributed by atoms with Gasteiger partial charge in [-0.2, -0.15) is 0 Å².